The summed E-state index contributed by atoms with van der Waals surface area (Å²) < 4.78 is 18.7. The zero-order valence-corrected chi connectivity index (χ0v) is 14.9. The van der Waals surface area contributed by atoms with Crippen LogP contribution in [0.1, 0.15) is 19.8 Å². The Balaban J connectivity index is 1.68. The maximum atomic E-state index is 13.8. The molecule has 140 valence electrons. The van der Waals surface area contributed by atoms with Crippen molar-refractivity contribution >= 4 is 17.6 Å². The number of aromatic hydroxyl groups is 1. The molecule has 0 spiro atoms. The predicted molar refractivity (Wildman–Crippen MR) is 96.5 cm³/mol. The topological polar surface area (TPSA) is 95.4 Å². The SMILES string of the molecule is CCN1CCCC1CNc1nc(O)nc(Nc2ccc(OC)c(F)c2)n1. The van der Waals surface area contributed by atoms with Gasteiger partial charge in [0.15, 0.2) is 11.6 Å². The molecule has 1 fully saturated rings. The summed E-state index contributed by atoms with van der Waals surface area (Å²) in [7, 11) is 1.40. The molecule has 0 bridgehead atoms. The first-order valence-electron chi connectivity index (χ1n) is 8.62. The van der Waals surface area contributed by atoms with E-state index in [4.69, 9.17) is 4.74 Å². The second-order valence-electron chi connectivity index (χ2n) is 6.06. The standard InChI is InChI=1S/C17H23FN6O2/c1-3-24-8-4-5-12(24)10-19-15-21-16(23-17(25)22-15)20-11-6-7-14(26-2)13(18)9-11/h6-7,9,12H,3-5,8,10H2,1-2H3,(H3,19,20,21,22,23,25). The van der Waals surface area contributed by atoms with Gasteiger partial charge in [-0.1, -0.05) is 6.92 Å². The van der Waals surface area contributed by atoms with Crippen molar-refractivity contribution in [2.75, 3.05) is 37.4 Å². The molecule has 8 nitrogen and oxygen atoms in total. The van der Waals surface area contributed by atoms with Crippen LogP contribution in [0.25, 0.3) is 0 Å². The Morgan fingerprint density at radius 2 is 2.12 bits per heavy atom. The molecule has 26 heavy (non-hydrogen) atoms. The molecule has 1 aliphatic heterocycles. The first kappa shape index (κ1) is 18.1. The molecule has 0 amide bonds. The van der Waals surface area contributed by atoms with Crippen molar-refractivity contribution in [3.05, 3.63) is 24.0 Å². The van der Waals surface area contributed by atoms with Crippen molar-refractivity contribution in [2.24, 2.45) is 0 Å². The summed E-state index contributed by atoms with van der Waals surface area (Å²) in [5.41, 5.74) is 0.438. The van der Waals surface area contributed by atoms with Gasteiger partial charge >= 0.3 is 6.01 Å². The first-order chi connectivity index (χ1) is 12.6. The zero-order valence-electron chi connectivity index (χ0n) is 14.9. The van der Waals surface area contributed by atoms with Crippen LogP contribution in [-0.4, -0.2) is 57.7 Å². The number of anilines is 3. The summed E-state index contributed by atoms with van der Waals surface area (Å²) in [5.74, 6) is 0.0451. The van der Waals surface area contributed by atoms with Crippen molar-refractivity contribution in [1.29, 1.82) is 0 Å². The molecule has 2 heterocycles. The molecule has 1 unspecified atom stereocenters. The molecule has 2 aromatic rings. The lowest BCUT2D eigenvalue weighted by Gasteiger charge is -2.22. The van der Waals surface area contributed by atoms with Crippen LogP contribution in [0.4, 0.5) is 22.0 Å². The number of aromatic nitrogens is 3. The van der Waals surface area contributed by atoms with Crippen molar-refractivity contribution < 1.29 is 14.2 Å². The van der Waals surface area contributed by atoms with Gasteiger partial charge in [-0.25, -0.2) is 4.39 Å². The fraction of sp³-hybridized carbons (Fsp3) is 0.471. The summed E-state index contributed by atoms with van der Waals surface area (Å²) in [6, 6.07) is 4.42. The largest absolute Gasteiger partial charge is 0.494 e. The van der Waals surface area contributed by atoms with Gasteiger partial charge < -0.3 is 20.5 Å². The smallest absolute Gasteiger partial charge is 0.320 e. The zero-order chi connectivity index (χ0) is 18.5. The van der Waals surface area contributed by atoms with Gasteiger partial charge in [-0.2, -0.15) is 15.0 Å². The van der Waals surface area contributed by atoms with Crippen LogP contribution >= 0.6 is 0 Å². The number of rotatable bonds is 7. The molecule has 0 saturated carbocycles. The third-order valence-corrected chi connectivity index (χ3v) is 4.43. The number of nitrogens with one attached hydrogen (secondary N) is 2. The summed E-state index contributed by atoms with van der Waals surface area (Å²) in [6.07, 6.45) is 2.30. The van der Waals surface area contributed by atoms with E-state index >= 15 is 0 Å². The third-order valence-electron chi connectivity index (χ3n) is 4.43. The molecule has 3 rings (SSSR count). The number of likely N-dealkylation sites (tertiary alicyclic amines) is 1. The van der Waals surface area contributed by atoms with Gasteiger partial charge in [0.2, 0.25) is 11.9 Å². The molecular formula is C17H23FN6O2. The van der Waals surface area contributed by atoms with Crippen LogP contribution in [0.15, 0.2) is 18.2 Å². The van der Waals surface area contributed by atoms with Crippen LogP contribution < -0.4 is 15.4 Å². The number of hydrogen-bond donors (Lipinski definition) is 3. The van der Waals surface area contributed by atoms with Gasteiger partial charge in [0.25, 0.3) is 0 Å². The quantitative estimate of drug-likeness (QED) is 0.691. The van der Waals surface area contributed by atoms with Crippen LogP contribution in [0, 0.1) is 5.82 Å². The van der Waals surface area contributed by atoms with E-state index in [-0.39, 0.29) is 17.6 Å². The Hall–Kier alpha value is -2.68. The maximum Gasteiger partial charge on any atom is 0.320 e. The molecular weight excluding hydrogens is 339 g/mol. The summed E-state index contributed by atoms with van der Waals surface area (Å²) >= 11 is 0. The van der Waals surface area contributed by atoms with Crippen molar-refractivity contribution in [3.63, 3.8) is 0 Å². The maximum absolute atomic E-state index is 13.8. The Morgan fingerprint density at radius 1 is 1.31 bits per heavy atom. The molecule has 0 aliphatic carbocycles. The number of halogens is 1. The highest BCUT2D eigenvalue weighted by atomic mass is 19.1. The van der Waals surface area contributed by atoms with Gasteiger partial charge in [0.05, 0.1) is 7.11 Å². The molecule has 1 aliphatic rings. The van der Waals surface area contributed by atoms with Crippen LogP contribution in [0.3, 0.4) is 0 Å². The van der Waals surface area contributed by atoms with E-state index in [1.165, 1.54) is 25.7 Å². The second-order valence-corrected chi connectivity index (χ2v) is 6.06. The van der Waals surface area contributed by atoms with Crippen molar-refractivity contribution in [3.8, 4) is 11.8 Å². The normalized spacial score (nSPS) is 17.3. The Morgan fingerprint density at radius 3 is 2.85 bits per heavy atom. The first-order valence-corrected chi connectivity index (χ1v) is 8.62. The number of benzene rings is 1. The number of nitrogens with zero attached hydrogens (tertiary/aromatic N) is 4. The monoisotopic (exact) mass is 362 g/mol. The Bertz CT molecular complexity index is 760. The minimum Gasteiger partial charge on any atom is -0.494 e. The lowest BCUT2D eigenvalue weighted by molar-refractivity contribution is 0.276. The fourth-order valence-electron chi connectivity index (χ4n) is 3.12. The molecule has 3 N–H and O–H groups in total. The lowest BCUT2D eigenvalue weighted by Crippen LogP contribution is -2.34. The van der Waals surface area contributed by atoms with Gasteiger partial charge in [-0.05, 0) is 38.1 Å². The van der Waals surface area contributed by atoms with Gasteiger partial charge in [0.1, 0.15) is 0 Å². The van der Waals surface area contributed by atoms with E-state index in [1.54, 1.807) is 6.07 Å². The van der Waals surface area contributed by atoms with E-state index in [0.29, 0.717) is 18.3 Å². The summed E-state index contributed by atoms with van der Waals surface area (Å²) in [5, 5.41) is 15.8. The minimum absolute atomic E-state index is 0.128. The van der Waals surface area contributed by atoms with Crippen LogP contribution in [0.5, 0.6) is 11.8 Å². The number of ether oxygens (including phenoxy) is 1. The lowest BCUT2D eigenvalue weighted by atomic mass is 10.2. The summed E-state index contributed by atoms with van der Waals surface area (Å²) in [6.45, 7) is 4.93. The molecule has 1 saturated heterocycles. The van der Waals surface area contributed by atoms with Gasteiger partial charge in [0, 0.05) is 24.3 Å². The van der Waals surface area contributed by atoms with E-state index in [0.717, 1.165) is 19.5 Å². The highest BCUT2D eigenvalue weighted by Gasteiger charge is 2.22. The van der Waals surface area contributed by atoms with Gasteiger partial charge in [-0.3, -0.25) is 4.90 Å². The highest BCUT2D eigenvalue weighted by molar-refractivity contribution is 5.56. The van der Waals surface area contributed by atoms with Crippen molar-refractivity contribution in [2.45, 2.75) is 25.8 Å². The predicted octanol–water partition coefficient (Wildman–Crippen LogP) is 2.36. The second kappa shape index (κ2) is 8.13. The van der Waals surface area contributed by atoms with Crippen LogP contribution in [0.2, 0.25) is 0 Å². The molecule has 9 heteroatoms. The molecule has 1 aromatic carbocycles. The average Bonchev–Trinajstić information content (AvgIpc) is 3.07. The highest BCUT2D eigenvalue weighted by Crippen LogP contribution is 2.23. The number of hydrogen-bond acceptors (Lipinski definition) is 8. The van der Waals surface area contributed by atoms with E-state index in [1.807, 2.05) is 0 Å². The third kappa shape index (κ3) is 4.29. The molecule has 0 radical (unpaired) electrons. The average molecular weight is 362 g/mol. The molecule has 1 aromatic heterocycles. The molecule has 1 atom stereocenters. The van der Waals surface area contributed by atoms with Crippen molar-refractivity contribution in [1.82, 2.24) is 19.9 Å². The number of likely N-dealkylation sites (N-methyl/N-ethyl adjacent to an activating group) is 1. The van der Waals surface area contributed by atoms with Gasteiger partial charge in [-0.15, -0.1) is 0 Å². The van der Waals surface area contributed by atoms with E-state index in [2.05, 4.69) is 37.4 Å². The van der Waals surface area contributed by atoms with E-state index in [9.17, 15) is 9.50 Å². The summed E-state index contributed by atoms with van der Waals surface area (Å²) in [4.78, 5) is 14.4. The van der Waals surface area contributed by atoms with E-state index < -0.39 is 11.8 Å². The fourth-order valence-corrected chi connectivity index (χ4v) is 3.12. The number of methoxy groups -OCH3 is 1. The Kier molecular flexibility index (Phi) is 5.67. The minimum atomic E-state index is -0.505. The van der Waals surface area contributed by atoms with Crippen LogP contribution in [-0.2, 0) is 0 Å². The Labute approximate surface area is 151 Å².